The van der Waals surface area contributed by atoms with Gasteiger partial charge in [-0.1, -0.05) is 51.8 Å². The Hall–Kier alpha value is -0.900. The van der Waals surface area contributed by atoms with Gasteiger partial charge in [0.1, 0.15) is 5.82 Å². The fraction of sp³-hybridized carbons (Fsp3) is 0.200. The lowest BCUT2D eigenvalue weighted by atomic mass is 10.1. The highest BCUT2D eigenvalue weighted by Crippen LogP contribution is 2.23. The Labute approximate surface area is 125 Å². The molecule has 2 rings (SSSR count). The minimum absolute atomic E-state index is 0.0521. The van der Waals surface area contributed by atoms with Gasteiger partial charge in [0.25, 0.3) is 0 Å². The van der Waals surface area contributed by atoms with E-state index >= 15 is 0 Å². The molecule has 19 heavy (non-hydrogen) atoms. The second-order valence-corrected chi connectivity index (χ2v) is 5.65. The summed E-state index contributed by atoms with van der Waals surface area (Å²) in [5, 5.41) is 4.00. The van der Waals surface area contributed by atoms with Gasteiger partial charge in [-0.15, -0.1) is 0 Å². The van der Waals surface area contributed by atoms with Crippen LogP contribution in [-0.2, 0) is 6.54 Å². The van der Waals surface area contributed by atoms with Crippen LogP contribution in [0, 0.1) is 5.82 Å². The SMILES string of the molecule is C[C@@H](NCc1ccc(Cl)cc1Br)c1ccccc1F. The number of benzene rings is 2. The van der Waals surface area contributed by atoms with Crippen LogP contribution in [0.4, 0.5) is 4.39 Å². The minimum Gasteiger partial charge on any atom is -0.306 e. The molecule has 2 aromatic carbocycles. The van der Waals surface area contributed by atoms with Crippen molar-refractivity contribution in [3.63, 3.8) is 0 Å². The van der Waals surface area contributed by atoms with E-state index in [1.807, 2.05) is 31.2 Å². The van der Waals surface area contributed by atoms with Crippen LogP contribution in [0.2, 0.25) is 5.02 Å². The molecule has 0 fully saturated rings. The van der Waals surface area contributed by atoms with Gasteiger partial charge >= 0.3 is 0 Å². The number of halogens is 3. The van der Waals surface area contributed by atoms with E-state index in [1.54, 1.807) is 12.1 Å². The first-order valence-electron chi connectivity index (χ1n) is 5.99. The summed E-state index contributed by atoms with van der Waals surface area (Å²) in [6.45, 7) is 2.59. The highest BCUT2D eigenvalue weighted by atomic mass is 79.9. The molecule has 0 aliphatic heterocycles. The number of rotatable bonds is 4. The molecule has 0 amide bonds. The van der Waals surface area contributed by atoms with Crippen LogP contribution in [-0.4, -0.2) is 0 Å². The van der Waals surface area contributed by atoms with E-state index in [0.717, 1.165) is 10.0 Å². The van der Waals surface area contributed by atoms with Crippen LogP contribution in [0.25, 0.3) is 0 Å². The number of hydrogen-bond donors (Lipinski definition) is 1. The summed E-state index contributed by atoms with van der Waals surface area (Å²) in [5.41, 5.74) is 1.76. The summed E-state index contributed by atoms with van der Waals surface area (Å²) in [6.07, 6.45) is 0. The minimum atomic E-state index is -0.183. The summed E-state index contributed by atoms with van der Waals surface area (Å²) in [5.74, 6) is -0.183. The van der Waals surface area contributed by atoms with E-state index in [1.165, 1.54) is 6.07 Å². The van der Waals surface area contributed by atoms with Crippen molar-refractivity contribution in [2.24, 2.45) is 0 Å². The smallest absolute Gasteiger partial charge is 0.127 e. The van der Waals surface area contributed by atoms with E-state index in [2.05, 4.69) is 21.2 Å². The average Bonchev–Trinajstić information content (AvgIpc) is 2.38. The van der Waals surface area contributed by atoms with Crippen molar-refractivity contribution in [2.75, 3.05) is 0 Å². The fourth-order valence-corrected chi connectivity index (χ4v) is 2.69. The molecule has 1 N–H and O–H groups in total. The molecule has 0 radical (unpaired) electrons. The van der Waals surface area contributed by atoms with Gasteiger partial charge in [0.15, 0.2) is 0 Å². The molecule has 0 bridgehead atoms. The van der Waals surface area contributed by atoms with Gasteiger partial charge in [-0.3, -0.25) is 0 Å². The maximum Gasteiger partial charge on any atom is 0.127 e. The maximum atomic E-state index is 13.6. The molecule has 0 aliphatic rings. The Morgan fingerprint density at radius 1 is 1.26 bits per heavy atom. The van der Waals surface area contributed by atoms with Crippen molar-refractivity contribution < 1.29 is 4.39 Å². The number of hydrogen-bond acceptors (Lipinski definition) is 1. The summed E-state index contributed by atoms with van der Waals surface area (Å²) < 4.78 is 14.6. The summed E-state index contributed by atoms with van der Waals surface area (Å²) in [7, 11) is 0. The Morgan fingerprint density at radius 2 is 2.00 bits per heavy atom. The molecule has 4 heteroatoms. The molecule has 0 unspecified atom stereocenters. The molecular weight excluding hydrogens is 329 g/mol. The van der Waals surface area contributed by atoms with E-state index in [4.69, 9.17) is 11.6 Å². The van der Waals surface area contributed by atoms with Crippen LogP contribution in [0.15, 0.2) is 46.9 Å². The van der Waals surface area contributed by atoms with Crippen molar-refractivity contribution in [3.05, 3.63) is 68.9 Å². The molecule has 1 nitrogen and oxygen atoms in total. The molecule has 1 atom stereocenters. The second kappa shape index (κ2) is 6.51. The van der Waals surface area contributed by atoms with E-state index in [0.29, 0.717) is 17.1 Å². The monoisotopic (exact) mass is 341 g/mol. The Morgan fingerprint density at radius 3 is 2.68 bits per heavy atom. The van der Waals surface area contributed by atoms with Gasteiger partial charge in [-0.2, -0.15) is 0 Å². The molecule has 0 aromatic heterocycles. The van der Waals surface area contributed by atoms with E-state index in [-0.39, 0.29) is 11.9 Å². The molecule has 100 valence electrons. The van der Waals surface area contributed by atoms with Gasteiger partial charge in [0, 0.05) is 27.6 Å². The highest BCUT2D eigenvalue weighted by molar-refractivity contribution is 9.10. The van der Waals surface area contributed by atoms with Crippen LogP contribution < -0.4 is 5.32 Å². The zero-order valence-electron chi connectivity index (χ0n) is 10.5. The largest absolute Gasteiger partial charge is 0.306 e. The summed E-state index contributed by atoms with van der Waals surface area (Å²) in [4.78, 5) is 0. The highest BCUT2D eigenvalue weighted by Gasteiger charge is 2.10. The van der Waals surface area contributed by atoms with E-state index < -0.39 is 0 Å². The average molecular weight is 343 g/mol. The fourth-order valence-electron chi connectivity index (χ4n) is 1.86. The zero-order chi connectivity index (χ0) is 13.8. The van der Waals surface area contributed by atoms with Crippen LogP contribution >= 0.6 is 27.5 Å². The molecule has 0 saturated heterocycles. The van der Waals surface area contributed by atoms with Crippen LogP contribution in [0.1, 0.15) is 24.1 Å². The maximum absolute atomic E-state index is 13.6. The first-order valence-corrected chi connectivity index (χ1v) is 7.17. The van der Waals surface area contributed by atoms with Gasteiger partial charge in [0.2, 0.25) is 0 Å². The molecular formula is C15H14BrClFN. The lowest BCUT2D eigenvalue weighted by Gasteiger charge is -2.15. The number of nitrogens with one attached hydrogen (secondary N) is 1. The first kappa shape index (κ1) is 14.5. The Bertz CT molecular complexity index is 574. The van der Waals surface area contributed by atoms with Gasteiger partial charge in [-0.25, -0.2) is 4.39 Å². The summed E-state index contributed by atoms with van der Waals surface area (Å²) in [6, 6.07) is 12.4. The third-order valence-corrected chi connectivity index (χ3v) is 3.96. The quantitative estimate of drug-likeness (QED) is 0.816. The van der Waals surface area contributed by atoms with Gasteiger partial charge < -0.3 is 5.32 Å². The lowest BCUT2D eigenvalue weighted by molar-refractivity contribution is 0.528. The molecule has 0 spiro atoms. The van der Waals surface area contributed by atoms with Crippen molar-refractivity contribution in [1.29, 1.82) is 0 Å². The normalized spacial score (nSPS) is 12.4. The predicted molar refractivity (Wildman–Crippen MR) is 80.8 cm³/mol. The third kappa shape index (κ3) is 3.78. The predicted octanol–water partition coefficient (Wildman–Crippen LogP) is 5.09. The molecule has 0 aliphatic carbocycles. The lowest BCUT2D eigenvalue weighted by Crippen LogP contribution is -2.19. The second-order valence-electron chi connectivity index (χ2n) is 4.36. The van der Waals surface area contributed by atoms with E-state index in [9.17, 15) is 4.39 Å². The third-order valence-electron chi connectivity index (χ3n) is 2.99. The first-order chi connectivity index (χ1) is 9.08. The van der Waals surface area contributed by atoms with Gasteiger partial charge in [-0.05, 0) is 30.7 Å². The molecule has 2 aromatic rings. The standard InChI is InChI=1S/C15H14BrClFN/c1-10(13-4-2-3-5-15(13)18)19-9-11-6-7-12(17)8-14(11)16/h2-8,10,19H,9H2,1H3/t10-/m1/s1. The molecule has 0 saturated carbocycles. The van der Waals surface area contributed by atoms with Crippen molar-refractivity contribution in [1.82, 2.24) is 5.32 Å². The van der Waals surface area contributed by atoms with Crippen molar-refractivity contribution >= 4 is 27.5 Å². The molecule has 0 heterocycles. The van der Waals surface area contributed by atoms with Crippen LogP contribution in [0.5, 0.6) is 0 Å². The van der Waals surface area contributed by atoms with Crippen LogP contribution in [0.3, 0.4) is 0 Å². The zero-order valence-corrected chi connectivity index (χ0v) is 12.8. The summed E-state index contributed by atoms with van der Waals surface area (Å²) >= 11 is 9.37. The Kier molecular flexibility index (Phi) is 4.97. The topological polar surface area (TPSA) is 12.0 Å². The van der Waals surface area contributed by atoms with Crippen molar-refractivity contribution in [3.8, 4) is 0 Å². The van der Waals surface area contributed by atoms with Gasteiger partial charge in [0.05, 0.1) is 0 Å². The van der Waals surface area contributed by atoms with Crippen molar-refractivity contribution in [2.45, 2.75) is 19.5 Å². The Balaban J connectivity index is 2.04.